The summed E-state index contributed by atoms with van der Waals surface area (Å²) < 4.78 is 8.24. The van der Waals surface area contributed by atoms with E-state index in [0.717, 1.165) is 12.0 Å². The molecule has 0 aliphatic heterocycles. The van der Waals surface area contributed by atoms with Gasteiger partial charge in [-0.25, -0.2) is 10.2 Å². The topological polar surface area (TPSA) is 170 Å². The zero-order valence-corrected chi connectivity index (χ0v) is 20.1. The fourth-order valence-corrected chi connectivity index (χ4v) is 3.66. The molecule has 1 atom stereocenters. The van der Waals surface area contributed by atoms with Crippen LogP contribution in [-0.2, 0) is 20.0 Å². The number of anilines is 1. The van der Waals surface area contributed by atoms with Crippen LogP contribution >= 0.6 is 0 Å². The predicted octanol–water partition coefficient (Wildman–Crippen LogP) is 1.78. The molecule has 0 amide bonds. The lowest BCUT2D eigenvalue weighted by atomic mass is 10.2. The van der Waals surface area contributed by atoms with Gasteiger partial charge in [-0.15, -0.1) is 0 Å². The number of hydrogen-bond donors (Lipinski definition) is 3. The van der Waals surface area contributed by atoms with Crippen molar-refractivity contribution < 1.29 is 14.8 Å². The van der Waals surface area contributed by atoms with E-state index in [1.54, 1.807) is 6.07 Å². The molecule has 4 rings (SSSR count). The Balaban J connectivity index is 1.59. The van der Waals surface area contributed by atoms with Crippen molar-refractivity contribution in [3.8, 4) is 5.75 Å². The van der Waals surface area contributed by atoms with E-state index < -0.39 is 22.3 Å². The third-order valence-corrected chi connectivity index (χ3v) is 5.63. The number of aliphatic hydroxyl groups is 1. The summed E-state index contributed by atoms with van der Waals surface area (Å²) in [6, 6.07) is 13.4. The Morgan fingerprint density at radius 3 is 2.73 bits per heavy atom. The molecule has 13 nitrogen and oxygen atoms in total. The molecule has 0 unspecified atom stereocenters. The molecule has 2 heterocycles. The van der Waals surface area contributed by atoms with Gasteiger partial charge in [0.1, 0.15) is 18.5 Å². The SMILES string of the molecule is CCc1ccc(OC[C@@H](O)Cn2c(NN=Cc3cccc([N+](=O)[O-])c3)nc3c2c(=O)[nH]c(=O)n3C)cc1. The van der Waals surface area contributed by atoms with Gasteiger partial charge in [0.25, 0.3) is 11.2 Å². The lowest BCUT2D eigenvalue weighted by Gasteiger charge is -2.15. The van der Waals surface area contributed by atoms with Crippen LogP contribution in [0.4, 0.5) is 11.6 Å². The molecule has 0 saturated heterocycles. The van der Waals surface area contributed by atoms with Gasteiger partial charge in [-0.05, 0) is 24.1 Å². The van der Waals surface area contributed by atoms with E-state index in [4.69, 9.17) is 4.74 Å². The van der Waals surface area contributed by atoms with Crippen molar-refractivity contribution in [2.24, 2.45) is 12.1 Å². The number of nitro benzene ring substituents is 1. The number of non-ortho nitro benzene ring substituents is 1. The summed E-state index contributed by atoms with van der Waals surface area (Å²) in [6.07, 6.45) is 1.20. The maximum absolute atomic E-state index is 12.6. The average molecular weight is 508 g/mol. The number of aryl methyl sites for hydroxylation is 2. The summed E-state index contributed by atoms with van der Waals surface area (Å²) in [7, 11) is 1.45. The largest absolute Gasteiger partial charge is 0.491 e. The van der Waals surface area contributed by atoms with E-state index in [1.807, 2.05) is 31.2 Å². The average Bonchev–Trinajstić information content (AvgIpc) is 3.25. The minimum atomic E-state index is -1.04. The number of aromatic nitrogens is 4. The Morgan fingerprint density at radius 1 is 1.27 bits per heavy atom. The van der Waals surface area contributed by atoms with E-state index >= 15 is 0 Å². The highest BCUT2D eigenvalue weighted by molar-refractivity contribution is 5.81. The maximum Gasteiger partial charge on any atom is 0.329 e. The minimum Gasteiger partial charge on any atom is -0.491 e. The van der Waals surface area contributed by atoms with Crippen molar-refractivity contribution in [1.29, 1.82) is 0 Å². The molecule has 4 aromatic rings. The number of H-pyrrole nitrogens is 1. The number of hydrazone groups is 1. The Labute approximate surface area is 209 Å². The number of fused-ring (bicyclic) bond motifs is 1. The van der Waals surface area contributed by atoms with Gasteiger partial charge in [-0.2, -0.15) is 10.1 Å². The summed E-state index contributed by atoms with van der Waals surface area (Å²) >= 11 is 0. The number of aromatic amines is 1. The number of ether oxygens (including phenoxy) is 1. The lowest BCUT2D eigenvalue weighted by molar-refractivity contribution is -0.384. The molecule has 192 valence electrons. The summed E-state index contributed by atoms with van der Waals surface area (Å²) in [5, 5.41) is 25.8. The first-order valence-corrected chi connectivity index (χ1v) is 11.4. The molecule has 2 aromatic carbocycles. The highest BCUT2D eigenvalue weighted by atomic mass is 16.6. The van der Waals surface area contributed by atoms with Gasteiger partial charge in [0.05, 0.1) is 17.7 Å². The second kappa shape index (κ2) is 10.9. The van der Waals surface area contributed by atoms with Crippen LogP contribution in [0.1, 0.15) is 18.1 Å². The summed E-state index contributed by atoms with van der Waals surface area (Å²) in [6.45, 7) is 1.89. The Bertz CT molecular complexity index is 1570. The molecule has 37 heavy (non-hydrogen) atoms. The van der Waals surface area contributed by atoms with Crippen molar-refractivity contribution in [1.82, 2.24) is 19.1 Å². The van der Waals surface area contributed by atoms with Crippen LogP contribution in [0.5, 0.6) is 5.75 Å². The summed E-state index contributed by atoms with van der Waals surface area (Å²) in [5.74, 6) is 0.668. The van der Waals surface area contributed by atoms with E-state index in [9.17, 15) is 24.8 Å². The number of aliphatic hydroxyl groups excluding tert-OH is 1. The number of rotatable bonds is 10. The molecular formula is C24H25N7O6. The number of nitro groups is 1. The van der Waals surface area contributed by atoms with Gasteiger partial charge in [-0.3, -0.25) is 24.5 Å². The fourth-order valence-electron chi connectivity index (χ4n) is 3.66. The van der Waals surface area contributed by atoms with Crippen molar-refractivity contribution in [2.45, 2.75) is 26.0 Å². The third-order valence-electron chi connectivity index (χ3n) is 5.63. The monoisotopic (exact) mass is 507 g/mol. The molecule has 0 bridgehead atoms. The van der Waals surface area contributed by atoms with Gasteiger partial charge in [0.2, 0.25) is 5.95 Å². The fraction of sp³-hybridized carbons (Fsp3) is 0.250. The van der Waals surface area contributed by atoms with Gasteiger partial charge in [0, 0.05) is 24.7 Å². The molecule has 0 saturated carbocycles. The number of benzene rings is 2. The number of nitrogens with zero attached hydrogens (tertiary/aromatic N) is 5. The molecule has 0 radical (unpaired) electrons. The van der Waals surface area contributed by atoms with Gasteiger partial charge < -0.3 is 14.4 Å². The Hall–Kier alpha value is -4.78. The van der Waals surface area contributed by atoms with Crippen LogP contribution in [0.15, 0.2) is 63.2 Å². The van der Waals surface area contributed by atoms with Crippen LogP contribution in [-0.4, -0.2) is 48.1 Å². The standard InChI is InChI=1S/C24H25N7O6/c1-3-15-7-9-19(10-8-15)37-14-18(32)13-30-20-21(29(2)24(34)27-22(20)33)26-23(30)28-25-12-16-5-4-6-17(11-16)31(35)36/h4-12,18,32H,3,13-14H2,1-2H3,(H,26,28)(H,27,33,34)/t18-/m0/s1. The molecule has 3 N–H and O–H groups in total. The van der Waals surface area contributed by atoms with E-state index in [-0.39, 0.29) is 36.0 Å². The predicted molar refractivity (Wildman–Crippen MR) is 137 cm³/mol. The highest BCUT2D eigenvalue weighted by Gasteiger charge is 2.20. The minimum absolute atomic E-state index is 0.0569. The summed E-state index contributed by atoms with van der Waals surface area (Å²) in [5.41, 5.74) is 3.04. The second-order valence-electron chi connectivity index (χ2n) is 8.22. The molecule has 0 spiro atoms. The van der Waals surface area contributed by atoms with Crippen LogP contribution in [0.25, 0.3) is 11.2 Å². The van der Waals surface area contributed by atoms with Crippen molar-refractivity contribution in [2.75, 3.05) is 12.0 Å². The van der Waals surface area contributed by atoms with Gasteiger partial charge in [-0.1, -0.05) is 31.2 Å². The van der Waals surface area contributed by atoms with Gasteiger partial charge in [0.15, 0.2) is 11.2 Å². The lowest BCUT2D eigenvalue weighted by Crippen LogP contribution is -2.30. The second-order valence-corrected chi connectivity index (χ2v) is 8.22. The molecule has 0 aliphatic rings. The zero-order valence-electron chi connectivity index (χ0n) is 20.1. The smallest absolute Gasteiger partial charge is 0.329 e. The molecule has 0 fully saturated rings. The molecule has 0 aliphatic carbocycles. The number of hydrogen-bond acceptors (Lipinski definition) is 9. The first-order valence-electron chi connectivity index (χ1n) is 11.4. The van der Waals surface area contributed by atoms with E-state index in [2.05, 4.69) is 20.5 Å². The van der Waals surface area contributed by atoms with Crippen LogP contribution in [0.2, 0.25) is 0 Å². The maximum atomic E-state index is 12.6. The van der Waals surface area contributed by atoms with E-state index in [0.29, 0.717) is 11.3 Å². The Kier molecular flexibility index (Phi) is 7.44. The Morgan fingerprint density at radius 2 is 2.03 bits per heavy atom. The first kappa shape index (κ1) is 25.3. The normalized spacial score (nSPS) is 12.2. The van der Waals surface area contributed by atoms with Gasteiger partial charge >= 0.3 is 5.69 Å². The zero-order chi connectivity index (χ0) is 26.5. The number of nitrogens with one attached hydrogen (secondary N) is 2. The van der Waals surface area contributed by atoms with Crippen LogP contribution in [0.3, 0.4) is 0 Å². The molecular weight excluding hydrogens is 482 g/mol. The van der Waals surface area contributed by atoms with Crippen molar-refractivity contribution >= 4 is 29.0 Å². The van der Waals surface area contributed by atoms with Crippen LogP contribution < -0.4 is 21.4 Å². The molecule has 13 heteroatoms. The molecule has 2 aromatic heterocycles. The highest BCUT2D eigenvalue weighted by Crippen LogP contribution is 2.18. The third kappa shape index (κ3) is 5.73. The van der Waals surface area contributed by atoms with Crippen molar-refractivity contribution in [3.05, 3.63) is 90.6 Å². The first-order chi connectivity index (χ1) is 17.8. The number of imidazole rings is 1. The van der Waals surface area contributed by atoms with Crippen molar-refractivity contribution in [3.63, 3.8) is 0 Å². The van der Waals surface area contributed by atoms with Crippen LogP contribution in [0, 0.1) is 10.1 Å². The summed E-state index contributed by atoms with van der Waals surface area (Å²) in [4.78, 5) is 41.7. The van der Waals surface area contributed by atoms with E-state index in [1.165, 1.54) is 40.6 Å². The quantitative estimate of drug-likeness (QED) is 0.166.